The summed E-state index contributed by atoms with van der Waals surface area (Å²) in [6.45, 7) is 0.363. The van der Waals surface area contributed by atoms with E-state index in [1.165, 1.54) is 7.11 Å². The van der Waals surface area contributed by atoms with Crippen LogP contribution in [0.5, 0.6) is 0 Å². The summed E-state index contributed by atoms with van der Waals surface area (Å²) in [6.07, 6.45) is 6.35. The lowest BCUT2D eigenvalue weighted by atomic mass is 10.1. The van der Waals surface area contributed by atoms with Gasteiger partial charge in [-0.3, -0.25) is 4.57 Å². The van der Waals surface area contributed by atoms with Gasteiger partial charge >= 0.3 is 7.60 Å². The molecule has 1 unspecified atom stereocenters. The van der Waals surface area contributed by atoms with Crippen molar-refractivity contribution in [3.05, 3.63) is 0 Å². The summed E-state index contributed by atoms with van der Waals surface area (Å²) in [4.78, 5) is 0. The van der Waals surface area contributed by atoms with Crippen LogP contribution in [0.2, 0.25) is 0 Å². The molecule has 0 aromatic rings. The monoisotopic (exact) mass is 174 g/mol. The maximum absolute atomic E-state index is 11.4. The third-order valence-corrected chi connectivity index (χ3v) is 3.64. The van der Waals surface area contributed by atoms with E-state index in [-0.39, 0.29) is 5.92 Å². The van der Waals surface area contributed by atoms with Gasteiger partial charge in [0.1, 0.15) is 0 Å². The van der Waals surface area contributed by atoms with Gasteiger partial charge in [-0.1, -0.05) is 0 Å². The van der Waals surface area contributed by atoms with Crippen LogP contribution in [0.25, 0.3) is 0 Å². The minimum Gasteiger partial charge on any atom is -0.312 e. The Hall–Kier alpha value is -0.290. The molecule has 0 amide bonds. The first kappa shape index (κ1) is 8.80. The van der Waals surface area contributed by atoms with E-state index >= 15 is 0 Å². The fourth-order valence-corrected chi connectivity index (χ4v) is 2.39. The molecule has 0 radical (unpaired) electrons. The molecule has 0 N–H and O–H groups in total. The fourth-order valence-electron chi connectivity index (χ4n) is 0.941. The highest BCUT2D eigenvalue weighted by molar-refractivity contribution is 7.53. The van der Waals surface area contributed by atoms with E-state index in [1.54, 1.807) is 0 Å². The molecular weight excluding hydrogens is 163 g/mol. The highest BCUT2D eigenvalue weighted by Gasteiger charge is 2.29. The van der Waals surface area contributed by atoms with Crippen LogP contribution >= 0.6 is 7.60 Å². The molecular formula is C7H11O3P. The molecule has 4 heteroatoms. The molecule has 0 spiro atoms. The average Bonchev–Trinajstić information content (AvgIpc) is 2.06. The van der Waals surface area contributed by atoms with Crippen LogP contribution in [0.3, 0.4) is 0 Å². The van der Waals surface area contributed by atoms with E-state index in [1.807, 2.05) is 0 Å². The van der Waals surface area contributed by atoms with Gasteiger partial charge in [0.05, 0.1) is 12.8 Å². The van der Waals surface area contributed by atoms with Crippen molar-refractivity contribution in [3.63, 3.8) is 0 Å². The van der Waals surface area contributed by atoms with Gasteiger partial charge in [-0.05, 0) is 6.42 Å². The Labute approximate surface area is 66.6 Å². The predicted molar refractivity (Wildman–Crippen MR) is 42.4 cm³/mol. The van der Waals surface area contributed by atoms with E-state index in [2.05, 4.69) is 5.92 Å². The van der Waals surface area contributed by atoms with Crippen molar-refractivity contribution in [1.82, 2.24) is 0 Å². The first-order chi connectivity index (χ1) is 5.20. The zero-order chi connectivity index (χ0) is 8.32. The molecule has 2 atom stereocenters. The second-order valence-electron chi connectivity index (χ2n) is 2.47. The van der Waals surface area contributed by atoms with E-state index < -0.39 is 7.60 Å². The van der Waals surface area contributed by atoms with Crippen LogP contribution in [0.4, 0.5) is 0 Å². The lowest BCUT2D eigenvalue weighted by Crippen LogP contribution is -2.16. The Morgan fingerprint density at radius 2 is 2.55 bits per heavy atom. The fraction of sp³-hybridized carbons (Fsp3) is 0.714. The van der Waals surface area contributed by atoms with Gasteiger partial charge in [0.2, 0.25) is 0 Å². The zero-order valence-electron chi connectivity index (χ0n) is 6.45. The molecule has 1 fully saturated rings. The lowest BCUT2D eigenvalue weighted by molar-refractivity contribution is 0.193. The molecule has 1 aliphatic heterocycles. The van der Waals surface area contributed by atoms with E-state index in [4.69, 9.17) is 15.5 Å². The molecule has 1 saturated heterocycles. The van der Waals surface area contributed by atoms with Crippen LogP contribution in [0, 0.1) is 18.3 Å². The zero-order valence-corrected chi connectivity index (χ0v) is 7.34. The molecule has 0 aliphatic carbocycles. The predicted octanol–water partition coefficient (Wildman–Crippen LogP) is 1.50. The maximum Gasteiger partial charge on any atom is 0.330 e. The van der Waals surface area contributed by atoms with E-state index in [0.29, 0.717) is 12.8 Å². The van der Waals surface area contributed by atoms with Gasteiger partial charge < -0.3 is 9.05 Å². The van der Waals surface area contributed by atoms with Gasteiger partial charge in [-0.2, -0.15) is 0 Å². The van der Waals surface area contributed by atoms with Crippen LogP contribution in [-0.4, -0.2) is 19.9 Å². The Balaban J connectivity index is 2.49. The molecule has 0 aromatic heterocycles. The van der Waals surface area contributed by atoms with Gasteiger partial charge in [0, 0.05) is 13.0 Å². The summed E-state index contributed by atoms with van der Waals surface area (Å²) in [6, 6.07) is 0. The summed E-state index contributed by atoms with van der Waals surface area (Å²) in [5.74, 6) is 2.67. The summed E-state index contributed by atoms with van der Waals surface area (Å²) in [7, 11) is -1.34. The van der Waals surface area contributed by atoms with Crippen molar-refractivity contribution in [2.75, 3.05) is 19.9 Å². The summed E-state index contributed by atoms with van der Waals surface area (Å²) < 4.78 is 21.1. The molecule has 0 saturated carbocycles. The Kier molecular flexibility index (Phi) is 2.72. The Morgan fingerprint density at radius 1 is 1.82 bits per heavy atom. The van der Waals surface area contributed by atoms with Crippen molar-refractivity contribution < 1.29 is 13.6 Å². The second kappa shape index (κ2) is 3.40. The van der Waals surface area contributed by atoms with Gasteiger partial charge in [-0.15, -0.1) is 12.3 Å². The quantitative estimate of drug-likeness (QED) is 0.446. The first-order valence-corrected chi connectivity index (χ1v) is 5.18. The number of hydrogen-bond donors (Lipinski definition) is 0. The molecule has 1 aliphatic rings. The molecule has 62 valence electrons. The van der Waals surface area contributed by atoms with Crippen LogP contribution < -0.4 is 0 Å². The highest BCUT2D eigenvalue weighted by atomic mass is 31.2. The summed E-state index contributed by atoms with van der Waals surface area (Å²) in [5.41, 5.74) is 0. The molecule has 0 aromatic carbocycles. The highest BCUT2D eigenvalue weighted by Crippen LogP contribution is 2.51. The smallest absolute Gasteiger partial charge is 0.312 e. The van der Waals surface area contributed by atoms with Crippen molar-refractivity contribution in [1.29, 1.82) is 0 Å². The molecule has 0 bridgehead atoms. The normalized spacial score (nSPS) is 38.0. The first-order valence-electron chi connectivity index (χ1n) is 3.45. The SMILES string of the molecule is C#C[C@H]1CCP(=O)(OC)OC1. The van der Waals surface area contributed by atoms with Gasteiger partial charge in [0.25, 0.3) is 0 Å². The molecule has 3 nitrogen and oxygen atoms in total. The van der Waals surface area contributed by atoms with Crippen molar-refractivity contribution in [3.8, 4) is 12.3 Å². The minimum atomic E-state index is -2.74. The third-order valence-electron chi connectivity index (χ3n) is 1.74. The van der Waals surface area contributed by atoms with Crippen molar-refractivity contribution >= 4 is 7.60 Å². The molecule has 1 rings (SSSR count). The van der Waals surface area contributed by atoms with Crippen LogP contribution in [0.15, 0.2) is 0 Å². The largest absolute Gasteiger partial charge is 0.330 e. The van der Waals surface area contributed by atoms with Crippen LogP contribution in [0.1, 0.15) is 6.42 Å². The minimum absolute atomic E-state index is 0.104. The number of hydrogen-bond acceptors (Lipinski definition) is 3. The van der Waals surface area contributed by atoms with E-state index in [9.17, 15) is 4.57 Å². The number of terminal acetylenes is 1. The number of rotatable bonds is 1. The summed E-state index contributed by atoms with van der Waals surface area (Å²) >= 11 is 0. The third kappa shape index (κ3) is 2.07. The lowest BCUT2D eigenvalue weighted by Gasteiger charge is -2.24. The van der Waals surface area contributed by atoms with Crippen molar-refractivity contribution in [2.24, 2.45) is 5.92 Å². The second-order valence-corrected chi connectivity index (χ2v) is 4.76. The Bertz CT molecular complexity index is 206. The topological polar surface area (TPSA) is 35.5 Å². The maximum atomic E-state index is 11.4. The average molecular weight is 174 g/mol. The Morgan fingerprint density at radius 3 is 2.91 bits per heavy atom. The van der Waals surface area contributed by atoms with Gasteiger partial charge in [-0.25, -0.2) is 0 Å². The van der Waals surface area contributed by atoms with Crippen molar-refractivity contribution in [2.45, 2.75) is 6.42 Å². The van der Waals surface area contributed by atoms with E-state index in [0.717, 1.165) is 6.42 Å². The van der Waals surface area contributed by atoms with Crippen LogP contribution in [-0.2, 0) is 13.6 Å². The molecule has 11 heavy (non-hydrogen) atoms. The van der Waals surface area contributed by atoms with Gasteiger partial charge in [0.15, 0.2) is 0 Å². The standard InChI is InChI=1S/C7H11O3P/c1-3-7-4-5-11(8,9-2)10-6-7/h1,7H,4-6H2,2H3/t7-,11?/m0/s1. The molecule has 1 heterocycles. The summed E-state index contributed by atoms with van der Waals surface area (Å²) in [5, 5.41) is 0.